The summed E-state index contributed by atoms with van der Waals surface area (Å²) >= 11 is 0. The summed E-state index contributed by atoms with van der Waals surface area (Å²) in [5.74, 6) is 0.880. The number of nitrogens with zero attached hydrogens (tertiary/aromatic N) is 1. The number of rotatable bonds is 4. The number of hydrogen-bond acceptors (Lipinski definition) is 1. The summed E-state index contributed by atoms with van der Waals surface area (Å²) in [6.45, 7) is 6.40. The number of hydrogen-bond donors (Lipinski definition) is 0. The molecule has 98 valence electrons. The van der Waals surface area contributed by atoms with Crippen molar-refractivity contribution in [3.05, 3.63) is 42.0 Å². The van der Waals surface area contributed by atoms with E-state index in [0.29, 0.717) is 0 Å². The molecule has 1 atom stereocenters. The zero-order valence-corrected chi connectivity index (χ0v) is 11.6. The highest BCUT2D eigenvalue weighted by Crippen LogP contribution is 2.21. The first-order valence-corrected chi connectivity index (χ1v) is 7.18. The molecule has 1 heteroatoms. The van der Waals surface area contributed by atoms with E-state index in [-0.39, 0.29) is 0 Å². The lowest BCUT2D eigenvalue weighted by atomic mass is 9.94. The van der Waals surface area contributed by atoms with Crippen LogP contribution in [0.2, 0.25) is 0 Å². The van der Waals surface area contributed by atoms with Gasteiger partial charge in [0.05, 0.1) is 0 Å². The number of aryl methyl sites for hydroxylation is 1. The van der Waals surface area contributed by atoms with Gasteiger partial charge in [0, 0.05) is 6.54 Å². The normalized spacial score (nSPS) is 21.5. The molecule has 0 aromatic heterocycles. The Morgan fingerprint density at radius 2 is 2.28 bits per heavy atom. The zero-order valence-electron chi connectivity index (χ0n) is 11.6. The van der Waals surface area contributed by atoms with Crippen molar-refractivity contribution in [2.45, 2.75) is 32.1 Å². The van der Waals surface area contributed by atoms with Gasteiger partial charge in [0.2, 0.25) is 0 Å². The molecule has 0 N–H and O–H groups in total. The molecule has 0 amide bonds. The van der Waals surface area contributed by atoms with E-state index in [1.165, 1.54) is 56.3 Å². The SMILES string of the molecule is C=Cc1cccc(CCC2CCCCN(C)C2)c1. The van der Waals surface area contributed by atoms with Crippen molar-refractivity contribution in [1.82, 2.24) is 4.90 Å². The van der Waals surface area contributed by atoms with Gasteiger partial charge in [-0.15, -0.1) is 0 Å². The molecule has 0 aliphatic carbocycles. The van der Waals surface area contributed by atoms with Crippen LogP contribution in [0.3, 0.4) is 0 Å². The number of likely N-dealkylation sites (tertiary alicyclic amines) is 1. The van der Waals surface area contributed by atoms with Gasteiger partial charge in [0.1, 0.15) is 0 Å². The van der Waals surface area contributed by atoms with E-state index in [1.54, 1.807) is 0 Å². The molecule has 2 rings (SSSR count). The fourth-order valence-corrected chi connectivity index (χ4v) is 2.92. The third kappa shape index (κ3) is 3.99. The van der Waals surface area contributed by atoms with E-state index in [4.69, 9.17) is 0 Å². The summed E-state index contributed by atoms with van der Waals surface area (Å²) in [7, 11) is 2.26. The van der Waals surface area contributed by atoms with Gasteiger partial charge in [-0.25, -0.2) is 0 Å². The molecule has 1 aromatic rings. The molecule has 1 heterocycles. The minimum absolute atomic E-state index is 0.880. The fraction of sp³-hybridized carbons (Fsp3) is 0.529. The fourth-order valence-electron chi connectivity index (χ4n) is 2.92. The zero-order chi connectivity index (χ0) is 12.8. The first-order chi connectivity index (χ1) is 8.78. The minimum Gasteiger partial charge on any atom is -0.306 e. The topological polar surface area (TPSA) is 3.24 Å². The predicted octanol–water partition coefficient (Wildman–Crippen LogP) is 3.99. The Morgan fingerprint density at radius 1 is 1.39 bits per heavy atom. The second-order valence-corrected chi connectivity index (χ2v) is 5.61. The summed E-state index contributed by atoms with van der Waals surface area (Å²) in [5, 5.41) is 0. The second-order valence-electron chi connectivity index (χ2n) is 5.61. The van der Waals surface area contributed by atoms with Crippen LogP contribution in [0.5, 0.6) is 0 Å². The smallest absolute Gasteiger partial charge is 0.000672 e. The van der Waals surface area contributed by atoms with Crippen LogP contribution < -0.4 is 0 Å². The van der Waals surface area contributed by atoms with Crippen LogP contribution in [0.25, 0.3) is 6.08 Å². The molecule has 1 aliphatic heterocycles. The van der Waals surface area contributed by atoms with Gasteiger partial charge in [-0.1, -0.05) is 43.3 Å². The molecule has 1 aromatic carbocycles. The molecule has 0 radical (unpaired) electrons. The van der Waals surface area contributed by atoms with E-state index in [0.717, 1.165) is 5.92 Å². The second kappa shape index (κ2) is 6.75. The Kier molecular flexibility index (Phi) is 5.00. The average molecular weight is 243 g/mol. The maximum Gasteiger partial charge on any atom is 0.000672 e. The number of benzene rings is 1. The van der Waals surface area contributed by atoms with Crippen molar-refractivity contribution in [1.29, 1.82) is 0 Å². The Balaban J connectivity index is 1.87. The quantitative estimate of drug-likeness (QED) is 0.772. The third-order valence-electron chi connectivity index (χ3n) is 4.00. The van der Waals surface area contributed by atoms with Crippen molar-refractivity contribution in [3.8, 4) is 0 Å². The van der Waals surface area contributed by atoms with Crippen LogP contribution in [-0.2, 0) is 6.42 Å². The maximum atomic E-state index is 3.84. The van der Waals surface area contributed by atoms with Crippen LogP contribution in [0.1, 0.15) is 36.8 Å². The van der Waals surface area contributed by atoms with Crippen molar-refractivity contribution >= 4 is 6.08 Å². The van der Waals surface area contributed by atoms with E-state index < -0.39 is 0 Å². The summed E-state index contributed by atoms with van der Waals surface area (Å²) in [5.41, 5.74) is 2.70. The van der Waals surface area contributed by atoms with Crippen molar-refractivity contribution in [2.24, 2.45) is 5.92 Å². The lowest BCUT2D eigenvalue weighted by Gasteiger charge is -2.19. The highest BCUT2D eigenvalue weighted by atomic mass is 15.1. The van der Waals surface area contributed by atoms with Crippen LogP contribution in [-0.4, -0.2) is 25.0 Å². The third-order valence-corrected chi connectivity index (χ3v) is 4.00. The molecular formula is C17H25N. The van der Waals surface area contributed by atoms with Crippen LogP contribution in [0.4, 0.5) is 0 Å². The molecule has 0 spiro atoms. The Morgan fingerprint density at radius 3 is 3.11 bits per heavy atom. The highest BCUT2D eigenvalue weighted by molar-refractivity contribution is 5.47. The summed E-state index contributed by atoms with van der Waals surface area (Å²) < 4.78 is 0. The first kappa shape index (κ1) is 13.4. The summed E-state index contributed by atoms with van der Waals surface area (Å²) in [4.78, 5) is 2.50. The van der Waals surface area contributed by atoms with E-state index in [2.05, 4.69) is 42.8 Å². The Hall–Kier alpha value is -1.08. The van der Waals surface area contributed by atoms with Gasteiger partial charge in [0.25, 0.3) is 0 Å². The predicted molar refractivity (Wildman–Crippen MR) is 79.7 cm³/mol. The van der Waals surface area contributed by atoms with Crippen molar-refractivity contribution in [2.75, 3.05) is 20.1 Å². The van der Waals surface area contributed by atoms with E-state index in [1.807, 2.05) is 6.08 Å². The highest BCUT2D eigenvalue weighted by Gasteiger charge is 2.15. The molecule has 18 heavy (non-hydrogen) atoms. The standard InChI is InChI=1S/C17H25N/c1-3-15-8-6-9-16(13-15)10-11-17-7-4-5-12-18(2)14-17/h3,6,8-9,13,17H,1,4-5,7,10-12,14H2,2H3. The Bertz CT molecular complexity index is 383. The lowest BCUT2D eigenvalue weighted by molar-refractivity contribution is 0.290. The van der Waals surface area contributed by atoms with Gasteiger partial charge in [-0.2, -0.15) is 0 Å². The lowest BCUT2D eigenvalue weighted by Crippen LogP contribution is -2.24. The van der Waals surface area contributed by atoms with E-state index in [9.17, 15) is 0 Å². The molecule has 1 saturated heterocycles. The van der Waals surface area contributed by atoms with Gasteiger partial charge in [0.15, 0.2) is 0 Å². The van der Waals surface area contributed by atoms with Crippen molar-refractivity contribution in [3.63, 3.8) is 0 Å². The molecule has 0 saturated carbocycles. The van der Waals surface area contributed by atoms with Crippen LogP contribution >= 0.6 is 0 Å². The van der Waals surface area contributed by atoms with Gasteiger partial charge >= 0.3 is 0 Å². The first-order valence-electron chi connectivity index (χ1n) is 7.18. The maximum absolute atomic E-state index is 3.84. The van der Waals surface area contributed by atoms with Crippen LogP contribution in [0.15, 0.2) is 30.8 Å². The molecule has 1 fully saturated rings. The largest absolute Gasteiger partial charge is 0.306 e. The monoisotopic (exact) mass is 243 g/mol. The van der Waals surface area contributed by atoms with Crippen LogP contribution in [0, 0.1) is 5.92 Å². The van der Waals surface area contributed by atoms with Gasteiger partial charge < -0.3 is 4.90 Å². The van der Waals surface area contributed by atoms with E-state index >= 15 is 0 Å². The molecule has 0 bridgehead atoms. The molecular weight excluding hydrogens is 218 g/mol. The summed E-state index contributed by atoms with van der Waals surface area (Å²) in [6.07, 6.45) is 8.65. The van der Waals surface area contributed by atoms with Gasteiger partial charge in [-0.3, -0.25) is 0 Å². The minimum atomic E-state index is 0.880. The molecule has 1 unspecified atom stereocenters. The molecule has 1 nitrogen and oxygen atoms in total. The van der Waals surface area contributed by atoms with Gasteiger partial charge in [-0.05, 0) is 56.3 Å². The van der Waals surface area contributed by atoms with Crippen molar-refractivity contribution < 1.29 is 0 Å². The molecule has 1 aliphatic rings. The average Bonchev–Trinajstić information content (AvgIpc) is 2.61. The Labute approximate surface area is 112 Å². The summed E-state index contributed by atoms with van der Waals surface area (Å²) in [6, 6.07) is 8.78.